The molecule has 1 aromatic heterocycles. The summed E-state index contributed by atoms with van der Waals surface area (Å²) in [4.78, 5) is 22.0. The van der Waals surface area contributed by atoms with Crippen molar-refractivity contribution < 1.29 is 14.6 Å². The Morgan fingerprint density at radius 1 is 1.56 bits per heavy atom. The molecule has 0 fully saturated rings. The van der Waals surface area contributed by atoms with Gasteiger partial charge in [-0.1, -0.05) is 17.4 Å². The van der Waals surface area contributed by atoms with E-state index in [2.05, 4.69) is 0 Å². The molecule has 0 bridgehead atoms. The van der Waals surface area contributed by atoms with Gasteiger partial charge in [0, 0.05) is 0 Å². The van der Waals surface area contributed by atoms with Gasteiger partial charge in [0.1, 0.15) is 17.8 Å². The van der Waals surface area contributed by atoms with Crippen molar-refractivity contribution in [2.24, 2.45) is 0 Å². The van der Waals surface area contributed by atoms with Gasteiger partial charge in [0.05, 0.1) is 11.8 Å². The Labute approximate surface area is 94.5 Å². The number of hydrogen-bond acceptors (Lipinski definition) is 4. The summed E-state index contributed by atoms with van der Waals surface area (Å²) in [5.41, 5.74) is 0.544. The Bertz CT molecular complexity index is 598. The number of aromatic nitrogens is 1. The maximum absolute atomic E-state index is 11.6. The van der Waals surface area contributed by atoms with Crippen LogP contribution in [0.4, 0.5) is 0 Å². The average molecular weight is 239 g/mol. The van der Waals surface area contributed by atoms with Crippen LogP contribution in [0.25, 0.3) is 10.2 Å². The van der Waals surface area contributed by atoms with E-state index in [0.717, 1.165) is 16.0 Å². The molecule has 0 aliphatic heterocycles. The van der Waals surface area contributed by atoms with E-state index in [0.29, 0.717) is 11.3 Å². The highest BCUT2D eigenvalue weighted by atomic mass is 32.1. The second kappa shape index (κ2) is 3.97. The number of fused-ring (bicyclic) bond motifs is 1. The fraction of sp³-hybridized carbons (Fsp3) is 0.200. The number of benzene rings is 1. The first kappa shape index (κ1) is 10.7. The van der Waals surface area contributed by atoms with Crippen LogP contribution in [0, 0.1) is 0 Å². The number of aliphatic carboxylic acids is 1. The summed E-state index contributed by atoms with van der Waals surface area (Å²) in [5.74, 6) is -0.537. The summed E-state index contributed by atoms with van der Waals surface area (Å²) in [6, 6.07) is 5.23. The van der Waals surface area contributed by atoms with E-state index in [4.69, 9.17) is 9.84 Å². The van der Waals surface area contributed by atoms with E-state index >= 15 is 0 Å². The third-order valence-electron chi connectivity index (χ3n) is 2.16. The van der Waals surface area contributed by atoms with Crippen LogP contribution in [-0.4, -0.2) is 22.8 Å². The summed E-state index contributed by atoms with van der Waals surface area (Å²) in [5, 5.41) is 8.74. The van der Waals surface area contributed by atoms with Crippen LogP contribution in [0.2, 0.25) is 0 Å². The molecule has 1 aromatic carbocycles. The van der Waals surface area contributed by atoms with Crippen LogP contribution < -0.4 is 9.61 Å². The number of nitrogens with zero attached hydrogens (tertiary/aromatic N) is 1. The molecule has 0 aliphatic carbocycles. The number of carbonyl (C=O) groups is 1. The molecule has 0 amide bonds. The molecule has 5 nitrogen and oxygen atoms in total. The molecule has 1 N–H and O–H groups in total. The first-order valence-corrected chi connectivity index (χ1v) is 5.33. The highest BCUT2D eigenvalue weighted by Crippen LogP contribution is 2.26. The van der Waals surface area contributed by atoms with Gasteiger partial charge in [0.15, 0.2) is 0 Å². The Morgan fingerprint density at radius 3 is 2.94 bits per heavy atom. The Morgan fingerprint density at radius 2 is 2.31 bits per heavy atom. The summed E-state index contributed by atoms with van der Waals surface area (Å²) >= 11 is 1.01. The number of para-hydroxylation sites is 1. The number of rotatable bonds is 3. The summed E-state index contributed by atoms with van der Waals surface area (Å²) in [6.07, 6.45) is 0. The van der Waals surface area contributed by atoms with E-state index in [1.165, 1.54) is 11.7 Å². The lowest BCUT2D eigenvalue weighted by molar-refractivity contribution is -0.137. The van der Waals surface area contributed by atoms with Crippen LogP contribution in [-0.2, 0) is 11.3 Å². The zero-order valence-electron chi connectivity index (χ0n) is 8.47. The Balaban J connectivity index is 2.75. The number of thiazole rings is 1. The molecular weight excluding hydrogens is 230 g/mol. The molecule has 1 heterocycles. The summed E-state index contributed by atoms with van der Waals surface area (Å²) in [6.45, 7) is -0.348. The van der Waals surface area contributed by atoms with Gasteiger partial charge in [0.25, 0.3) is 0 Å². The SMILES string of the molecule is COc1cccc2sc(=O)n(CC(=O)O)c12. The smallest absolute Gasteiger partial charge is 0.323 e. The molecule has 6 heteroatoms. The minimum atomic E-state index is -1.05. The van der Waals surface area contributed by atoms with Crippen molar-refractivity contribution >= 4 is 27.5 Å². The van der Waals surface area contributed by atoms with Crippen LogP contribution in [0.5, 0.6) is 5.75 Å². The lowest BCUT2D eigenvalue weighted by atomic mass is 10.3. The van der Waals surface area contributed by atoms with Crippen molar-refractivity contribution in [2.75, 3.05) is 7.11 Å². The van der Waals surface area contributed by atoms with Crippen LogP contribution in [0.3, 0.4) is 0 Å². The maximum atomic E-state index is 11.6. The average Bonchev–Trinajstić information content (AvgIpc) is 2.54. The van der Waals surface area contributed by atoms with Gasteiger partial charge in [-0.25, -0.2) is 0 Å². The fourth-order valence-electron chi connectivity index (χ4n) is 1.53. The number of carboxylic acids is 1. The van der Waals surface area contributed by atoms with Crippen molar-refractivity contribution in [3.05, 3.63) is 27.9 Å². The monoisotopic (exact) mass is 239 g/mol. The zero-order chi connectivity index (χ0) is 11.7. The predicted octanol–water partition coefficient (Wildman–Crippen LogP) is 1.16. The van der Waals surface area contributed by atoms with Gasteiger partial charge in [-0.05, 0) is 12.1 Å². The Hall–Kier alpha value is -1.82. The molecule has 0 spiro atoms. The molecule has 2 rings (SSSR count). The number of ether oxygens (including phenoxy) is 1. The third-order valence-corrected chi connectivity index (χ3v) is 3.11. The molecule has 0 saturated carbocycles. The molecule has 0 unspecified atom stereocenters. The Kier molecular flexibility index (Phi) is 2.66. The number of hydrogen-bond donors (Lipinski definition) is 1. The first-order chi connectivity index (χ1) is 7.63. The van der Waals surface area contributed by atoms with Crippen molar-refractivity contribution in [2.45, 2.75) is 6.54 Å². The van der Waals surface area contributed by atoms with E-state index in [1.807, 2.05) is 0 Å². The minimum absolute atomic E-state index is 0.290. The van der Waals surface area contributed by atoms with Gasteiger partial charge < -0.3 is 9.84 Å². The van der Waals surface area contributed by atoms with Crippen molar-refractivity contribution in [3.8, 4) is 5.75 Å². The van der Waals surface area contributed by atoms with Gasteiger partial charge in [-0.3, -0.25) is 14.2 Å². The molecule has 16 heavy (non-hydrogen) atoms. The third kappa shape index (κ3) is 1.67. The second-order valence-corrected chi connectivity index (χ2v) is 4.15. The van der Waals surface area contributed by atoms with Crippen molar-refractivity contribution in [1.29, 1.82) is 0 Å². The highest BCUT2D eigenvalue weighted by Gasteiger charge is 2.13. The number of carboxylic acid groups (broad SMARTS) is 1. The van der Waals surface area contributed by atoms with E-state index in [-0.39, 0.29) is 11.4 Å². The first-order valence-electron chi connectivity index (χ1n) is 4.51. The van der Waals surface area contributed by atoms with Gasteiger partial charge in [-0.2, -0.15) is 0 Å². The lowest BCUT2D eigenvalue weighted by Crippen LogP contribution is -2.18. The van der Waals surface area contributed by atoms with Gasteiger partial charge in [0.2, 0.25) is 0 Å². The van der Waals surface area contributed by atoms with Crippen LogP contribution in [0.15, 0.2) is 23.0 Å². The number of methoxy groups -OCH3 is 1. The van der Waals surface area contributed by atoms with Crippen molar-refractivity contribution in [1.82, 2.24) is 4.57 Å². The fourth-order valence-corrected chi connectivity index (χ4v) is 2.44. The standard InChI is InChI=1S/C10H9NO4S/c1-15-6-3-2-4-7-9(6)11(5-8(12)13)10(14)16-7/h2-4H,5H2,1H3,(H,12,13). The predicted molar refractivity (Wildman–Crippen MR) is 60.3 cm³/mol. The van der Waals surface area contributed by atoms with Gasteiger partial charge >= 0.3 is 10.8 Å². The lowest BCUT2D eigenvalue weighted by Gasteiger charge is -2.04. The molecule has 0 aliphatic rings. The summed E-state index contributed by atoms with van der Waals surface area (Å²) < 4.78 is 7.05. The largest absolute Gasteiger partial charge is 0.495 e. The molecule has 2 aromatic rings. The van der Waals surface area contributed by atoms with Crippen molar-refractivity contribution in [3.63, 3.8) is 0 Å². The van der Waals surface area contributed by atoms with E-state index in [1.54, 1.807) is 18.2 Å². The van der Waals surface area contributed by atoms with E-state index in [9.17, 15) is 9.59 Å². The van der Waals surface area contributed by atoms with Crippen LogP contribution in [0.1, 0.15) is 0 Å². The molecule has 0 radical (unpaired) electrons. The normalized spacial score (nSPS) is 10.6. The van der Waals surface area contributed by atoms with Crippen LogP contribution >= 0.6 is 11.3 Å². The molecule has 0 saturated heterocycles. The maximum Gasteiger partial charge on any atom is 0.323 e. The van der Waals surface area contributed by atoms with Gasteiger partial charge in [-0.15, -0.1) is 0 Å². The minimum Gasteiger partial charge on any atom is -0.495 e. The molecular formula is C10H9NO4S. The zero-order valence-corrected chi connectivity index (χ0v) is 9.28. The quantitative estimate of drug-likeness (QED) is 0.872. The molecule has 84 valence electrons. The van der Waals surface area contributed by atoms with E-state index < -0.39 is 5.97 Å². The summed E-state index contributed by atoms with van der Waals surface area (Å²) in [7, 11) is 1.49. The second-order valence-electron chi connectivity index (χ2n) is 3.15. The highest BCUT2D eigenvalue weighted by molar-refractivity contribution is 7.16. The molecule has 0 atom stereocenters. The topological polar surface area (TPSA) is 68.5 Å².